The Hall–Kier alpha value is -0.920. The van der Waals surface area contributed by atoms with Crippen molar-refractivity contribution >= 4 is 10.0 Å². The summed E-state index contributed by atoms with van der Waals surface area (Å²) < 4.78 is 27.7. The monoisotopic (exact) mass is 246 g/mol. The van der Waals surface area contributed by atoms with Crippen LogP contribution in [0.1, 0.15) is 13.8 Å². The van der Waals surface area contributed by atoms with Crippen LogP contribution in [0.3, 0.4) is 0 Å². The van der Waals surface area contributed by atoms with Gasteiger partial charge in [0.1, 0.15) is 0 Å². The third-order valence-corrected chi connectivity index (χ3v) is 3.58. The maximum Gasteiger partial charge on any atom is 0.259 e. The van der Waals surface area contributed by atoms with Gasteiger partial charge in [-0.2, -0.15) is 0 Å². The Morgan fingerprint density at radius 3 is 2.81 bits per heavy atom. The zero-order valence-electron chi connectivity index (χ0n) is 9.55. The molecular weight excluding hydrogens is 228 g/mol. The molecule has 1 rings (SSSR count). The molecule has 0 aromatic carbocycles. The van der Waals surface area contributed by atoms with E-state index in [1.54, 1.807) is 4.57 Å². The second kappa shape index (κ2) is 5.42. The fourth-order valence-electron chi connectivity index (χ4n) is 1.06. The van der Waals surface area contributed by atoms with Gasteiger partial charge in [0, 0.05) is 19.3 Å². The minimum Gasteiger partial charge on any atom is -0.336 e. The molecule has 92 valence electrons. The lowest BCUT2D eigenvalue weighted by atomic mass is 10.2. The van der Waals surface area contributed by atoms with Crippen LogP contribution in [0.4, 0.5) is 0 Å². The van der Waals surface area contributed by atoms with Crippen LogP contribution in [-0.4, -0.2) is 31.1 Å². The zero-order chi connectivity index (χ0) is 12.2. The Morgan fingerprint density at radius 2 is 2.31 bits per heavy atom. The molecule has 1 aromatic heterocycles. The number of nitrogens with two attached hydrogens (primary N) is 1. The third-order valence-electron chi connectivity index (χ3n) is 2.27. The molecule has 0 aliphatic rings. The highest BCUT2D eigenvalue weighted by atomic mass is 32.2. The molecule has 1 aromatic rings. The van der Waals surface area contributed by atoms with E-state index in [0.29, 0.717) is 19.6 Å². The smallest absolute Gasteiger partial charge is 0.259 e. The molecule has 0 saturated carbocycles. The number of hydrogen-bond donors (Lipinski definition) is 2. The average molecular weight is 246 g/mol. The van der Waals surface area contributed by atoms with Crippen LogP contribution in [-0.2, 0) is 16.6 Å². The number of aromatic nitrogens is 2. The van der Waals surface area contributed by atoms with Crippen LogP contribution in [0, 0.1) is 5.92 Å². The molecule has 0 fully saturated rings. The zero-order valence-corrected chi connectivity index (χ0v) is 10.4. The van der Waals surface area contributed by atoms with Crippen LogP contribution >= 0.6 is 0 Å². The molecule has 1 unspecified atom stereocenters. The van der Waals surface area contributed by atoms with Gasteiger partial charge >= 0.3 is 0 Å². The number of nitrogens with one attached hydrogen (secondary N) is 1. The van der Waals surface area contributed by atoms with Crippen LogP contribution in [0.15, 0.2) is 17.6 Å². The Kier molecular flexibility index (Phi) is 4.45. The van der Waals surface area contributed by atoms with Crippen molar-refractivity contribution in [2.75, 3.05) is 13.1 Å². The molecule has 3 N–H and O–H groups in total. The summed E-state index contributed by atoms with van der Waals surface area (Å²) in [4.78, 5) is 3.84. The van der Waals surface area contributed by atoms with Crippen molar-refractivity contribution in [3.63, 3.8) is 0 Å². The van der Waals surface area contributed by atoms with Gasteiger partial charge in [-0.1, -0.05) is 6.92 Å². The van der Waals surface area contributed by atoms with Crippen molar-refractivity contribution in [2.24, 2.45) is 11.7 Å². The second-order valence-corrected chi connectivity index (χ2v) is 5.45. The summed E-state index contributed by atoms with van der Waals surface area (Å²) in [5, 5.41) is 0.0542. The molecule has 0 aliphatic carbocycles. The van der Waals surface area contributed by atoms with E-state index < -0.39 is 10.0 Å². The van der Waals surface area contributed by atoms with Crippen molar-refractivity contribution in [2.45, 2.75) is 25.4 Å². The highest BCUT2D eigenvalue weighted by Gasteiger charge is 2.17. The lowest BCUT2D eigenvalue weighted by molar-refractivity contribution is 0.543. The molecule has 1 heterocycles. The summed E-state index contributed by atoms with van der Waals surface area (Å²) in [6.45, 7) is 5.28. The van der Waals surface area contributed by atoms with Gasteiger partial charge in [-0.25, -0.2) is 18.1 Å². The number of imidazole rings is 1. The van der Waals surface area contributed by atoms with E-state index in [-0.39, 0.29) is 10.9 Å². The van der Waals surface area contributed by atoms with Crippen molar-refractivity contribution in [3.8, 4) is 0 Å². The van der Waals surface area contributed by atoms with Gasteiger partial charge in [-0.05, 0) is 19.4 Å². The third kappa shape index (κ3) is 3.29. The standard InChI is InChI=1S/C9H18N4O2S/c1-3-13-6-9(11-7-13)16(14,15)12-5-8(2)4-10/h6-8,12H,3-5,10H2,1-2H3. The van der Waals surface area contributed by atoms with Crippen molar-refractivity contribution in [3.05, 3.63) is 12.5 Å². The summed E-state index contributed by atoms with van der Waals surface area (Å²) in [5.41, 5.74) is 5.41. The quantitative estimate of drug-likeness (QED) is 0.726. The van der Waals surface area contributed by atoms with Gasteiger partial charge < -0.3 is 10.3 Å². The van der Waals surface area contributed by atoms with Crippen LogP contribution in [0.2, 0.25) is 0 Å². The Balaban J connectivity index is 2.70. The van der Waals surface area contributed by atoms with E-state index in [9.17, 15) is 8.42 Å². The first-order chi connectivity index (χ1) is 7.49. The van der Waals surface area contributed by atoms with Crippen molar-refractivity contribution < 1.29 is 8.42 Å². The molecule has 0 amide bonds. The molecule has 0 saturated heterocycles. The summed E-state index contributed by atoms with van der Waals surface area (Å²) in [5.74, 6) is 0.114. The van der Waals surface area contributed by atoms with Gasteiger partial charge in [0.15, 0.2) is 5.03 Å². The van der Waals surface area contributed by atoms with E-state index in [0.717, 1.165) is 0 Å². The van der Waals surface area contributed by atoms with Crippen LogP contribution < -0.4 is 10.5 Å². The fraction of sp³-hybridized carbons (Fsp3) is 0.667. The molecule has 1 atom stereocenters. The van der Waals surface area contributed by atoms with E-state index in [1.165, 1.54) is 12.5 Å². The number of nitrogens with zero attached hydrogens (tertiary/aromatic N) is 2. The lowest BCUT2D eigenvalue weighted by Gasteiger charge is -2.08. The first kappa shape index (κ1) is 13.1. The van der Waals surface area contributed by atoms with E-state index in [4.69, 9.17) is 5.73 Å². The minimum absolute atomic E-state index is 0.0542. The number of rotatable bonds is 6. The van der Waals surface area contributed by atoms with Gasteiger partial charge in [0.25, 0.3) is 10.0 Å². The first-order valence-corrected chi connectivity index (χ1v) is 6.69. The van der Waals surface area contributed by atoms with Crippen LogP contribution in [0.25, 0.3) is 0 Å². The highest BCUT2D eigenvalue weighted by Crippen LogP contribution is 2.05. The first-order valence-electron chi connectivity index (χ1n) is 5.21. The molecule has 6 nitrogen and oxygen atoms in total. The number of hydrogen-bond acceptors (Lipinski definition) is 4. The Bertz CT molecular complexity index is 426. The Morgan fingerprint density at radius 1 is 1.62 bits per heavy atom. The minimum atomic E-state index is -3.49. The summed E-state index contributed by atoms with van der Waals surface area (Å²) in [6, 6.07) is 0. The largest absolute Gasteiger partial charge is 0.336 e. The molecule has 7 heteroatoms. The highest BCUT2D eigenvalue weighted by molar-refractivity contribution is 7.89. The lowest BCUT2D eigenvalue weighted by Crippen LogP contribution is -2.31. The van der Waals surface area contributed by atoms with E-state index in [1.807, 2.05) is 13.8 Å². The van der Waals surface area contributed by atoms with Crippen molar-refractivity contribution in [1.82, 2.24) is 14.3 Å². The number of sulfonamides is 1. The topological polar surface area (TPSA) is 90.0 Å². The van der Waals surface area contributed by atoms with Crippen LogP contribution in [0.5, 0.6) is 0 Å². The van der Waals surface area contributed by atoms with Gasteiger partial charge in [0.05, 0.1) is 6.33 Å². The fourth-order valence-corrected chi connectivity index (χ4v) is 2.17. The van der Waals surface area contributed by atoms with E-state index >= 15 is 0 Å². The molecule has 0 spiro atoms. The summed E-state index contributed by atoms with van der Waals surface area (Å²) in [7, 11) is -3.49. The molecule has 0 aliphatic heterocycles. The molecule has 16 heavy (non-hydrogen) atoms. The normalized spacial score (nSPS) is 13.9. The maximum absolute atomic E-state index is 11.8. The maximum atomic E-state index is 11.8. The molecular formula is C9H18N4O2S. The summed E-state index contributed by atoms with van der Waals surface area (Å²) >= 11 is 0. The summed E-state index contributed by atoms with van der Waals surface area (Å²) in [6.07, 6.45) is 3.01. The second-order valence-electron chi connectivity index (χ2n) is 3.74. The van der Waals surface area contributed by atoms with Gasteiger partial charge in [0.2, 0.25) is 0 Å². The van der Waals surface area contributed by atoms with Gasteiger partial charge in [-0.15, -0.1) is 0 Å². The Labute approximate surface area is 95.9 Å². The van der Waals surface area contributed by atoms with Crippen molar-refractivity contribution in [1.29, 1.82) is 0 Å². The molecule has 0 radical (unpaired) electrons. The predicted octanol–water partition coefficient (Wildman–Crippen LogP) is -0.224. The predicted molar refractivity (Wildman–Crippen MR) is 61.3 cm³/mol. The SMILES string of the molecule is CCn1cnc(S(=O)(=O)NCC(C)CN)c1. The van der Waals surface area contributed by atoms with E-state index in [2.05, 4.69) is 9.71 Å². The average Bonchev–Trinajstić information content (AvgIpc) is 2.75. The van der Waals surface area contributed by atoms with Gasteiger partial charge in [-0.3, -0.25) is 0 Å². The molecule has 0 bridgehead atoms. The number of aryl methyl sites for hydroxylation is 1.